The molecule has 1 atom stereocenters. The molecule has 1 heterocycles. The molecule has 0 amide bonds. The molecule has 4 nitrogen and oxygen atoms in total. The fraction of sp³-hybridized carbons (Fsp3) is 0.111. The minimum Gasteiger partial charge on any atom is -0.324 e. The van der Waals surface area contributed by atoms with Gasteiger partial charge >= 0.3 is 0 Å². The molecule has 0 fully saturated rings. The fourth-order valence-corrected chi connectivity index (χ4v) is 3.92. The lowest BCUT2D eigenvalue weighted by Gasteiger charge is -2.21. The lowest BCUT2D eigenvalue weighted by molar-refractivity contribution is 0.735. The van der Waals surface area contributed by atoms with Crippen LogP contribution in [0.25, 0.3) is 16.7 Å². The number of nitrogens with zero attached hydrogens (tertiary/aromatic N) is 2. The van der Waals surface area contributed by atoms with Crippen LogP contribution in [0.4, 0.5) is 0 Å². The maximum absolute atomic E-state index is 6.18. The van der Waals surface area contributed by atoms with E-state index in [4.69, 9.17) is 5.73 Å². The van der Waals surface area contributed by atoms with Crippen molar-refractivity contribution in [2.75, 3.05) is 0 Å². The number of allylic oxidation sites excluding steroid dienone is 4. The lowest BCUT2D eigenvalue weighted by Crippen LogP contribution is -2.40. The van der Waals surface area contributed by atoms with Gasteiger partial charge in [0.05, 0.1) is 0 Å². The summed E-state index contributed by atoms with van der Waals surface area (Å²) in [5, 5.41) is 3.41. The largest absolute Gasteiger partial charge is 0.324 e. The van der Waals surface area contributed by atoms with E-state index in [0.29, 0.717) is 0 Å². The van der Waals surface area contributed by atoms with Gasteiger partial charge in [-0.3, -0.25) is 5.73 Å². The van der Waals surface area contributed by atoms with Gasteiger partial charge in [0, 0.05) is 11.1 Å². The Morgan fingerprint density at radius 1 is 0.677 bits per heavy atom. The van der Waals surface area contributed by atoms with E-state index >= 15 is 0 Å². The SMILES string of the molecule is NC1N=C(c2ccccc2)NC(c2cc(C3=CCCC=C3)cc(-c3ccccc3)c2)=N1. The Morgan fingerprint density at radius 2 is 1.29 bits per heavy atom. The average molecular weight is 405 g/mol. The maximum Gasteiger partial charge on any atom is 0.195 e. The molecule has 0 saturated heterocycles. The second-order valence-electron chi connectivity index (χ2n) is 7.66. The normalized spacial score (nSPS) is 18.0. The zero-order valence-corrected chi connectivity index (χ0v) is 17.2. The monoisotopic (exact) mass is 404 g/mol. The summed E-state index contributed by atoms with van der Waals surface area (Å²) in [7, 11) is 0. The first-order chi connectivity index (χ1) is 15.3. The van der Waals surface area contributed by atoms with Gasteiger partial charge in [-0.15, -0.1) is 0 Å². The van der Waals surface area contributed by atoms with Crippen LogP contribution in [0.2, 0.25) is 0 Å². The van der Waals surface area contributed by atoms with Crippen LogP contribution in [0.1, 0.15) is 29.5 Å². The molecular weight excluding hydrogens is 380 g/mol. The third kappa shape index (κ3) is 4.25. The van der Waals surface area contributed by atoms with Crippen molar-refractivity contribution in [2.24, 2.45) is 15.7 Å². The molecule has 0 aromatic heterocycles. The number of amidine groups is 2. The van der Waals surface area contributed by atoms with Crippen LogP contribution in [0.5, 0.6) is 0 Å². The van der Waals surface area contributed by atoms with Crippen molar-refractivity contribution >= 4 is 17.2 Å². The molecule has 31 heavy (non-hydrogen) atoms. The molecule has 3 aromatic carbocycles. The number of nitrogens with one attached hydrogen (secondary N) is 1. The van der Waals surface area contributed by atoms with Gasteiger partial charge in [-0.25, -0.2) is 9.98 Å². The molecule has 5 rings (SSSR count). The predicted molar refractivity (Wildman–Crippen MR) is 129 cm³/mol. The number of rotatable bonds is 4. The minimum absolute atomic E-state index is 0.635. The van der Waals surface area contributed by atoms with E-state index in [2.05, 4.69) is 76.0 Å². The number of nitrogens with two attached hydrogens (primary N) is 1. The van der Waals surface area contributed by atoms with E-state index in [1.807, 2.05) is 36.4 Å². The van der Waals surface area contributed by atoms with Crippen LogP contribution in [-0.4, -0.2) is 18.0 Å². The summed E-state index contributed by atoms with van der Waals surface area (Å²) in [6, 6.07) is 27.0. The van der Waals surface area contributed by atoms with Crippen LogP contribution in [0.15, 0.2) is 107 Å². The highest BCUT2D eigenvalue weighted by atomic mass is 15.2. The van der Waals surface area contributed by atoms with Gasteiger partial charge in [0.2, 0.25) is 0 Å². The Bertz CT molecular complexity index is 1200. The average Bonchev–Trinajstić information content (AvgIpc) is 2.85. The molecular formula is C27H24N4. The topological polar surface area (TPSA) is 62.8 Å². The van der Waals surface area contributed by atoms with Crippen molar-refractivity contribution in [3.8, 4) is 11.1 Å². The number of aliphatic imine (C=N–C) groups is 2. The summed E-state index contributed by atoms with van der Waals surface area (Å²) in [5.41, 5.74) is 12.9. The Balaban J connectivity index is 1.58. The van der Waals surface area contributed by atoms with Crippen LogP contribution in [-0.2, 0) is 0 Å². The van der Waals surface area contributed by atoms with Crippen molar-refractivity contribution < 1.29 is 0 Å². The lowest BCUT2D eigenvalue weighted by atomic mass is 9.93. The smallest absolute Gasteiger partial charge is 0.195 e. The molecule has 4 heteroatoms. The van der Waals surface area contributed by atoms with Crippen LogP contribution in [0.3, 0.4) is 0 Å². The Kier molecular flexibility index (Phi) is 5.29. The van der Waals surface area contributed by atoms with Gasteiger partial charge in [-0.1, -0.05) is 78.9 Å². The number of hydrogen-bond acceptors (Lipinski definition) is 4. The fourth-order valence-electron chi connectivity index (χ4n) is 3.92. The summed E-state index contributed by atoms with van der Waals surface area (Å²) < 4.78 is 0. The van der Waals surface area contributed by atoms with Gasteiger partial charge in [0.15, 0.2) is 6.29 Å². The molecule has 152 valence electrons. The summed E-state index contributed by atoms with van der Waals surface area (Å²) in [6.07, 6.45) is 8.25. The molecule has 3 aromatic rings. The number of benzene rings is 3. The van der Waals surface area contributed by atoms with Gasteiger partial charge in [0.25, 0.3) is 0 Å². The summed E-state index contributed by atoms with van der Waals surface area (Å²) >= 11 is 0. The maximum atomic E-state index is 6.18. The van der Waals surface area contributed by atoms with E-state index in [1.165, 1.54) is 16.7 Å². The molecule has 0 radical (unpaired) electrons. The Hall–Kier alpha value is -3.76. The Labute approximate surface area is 182 Å². The third-order valence-electron chi connectivity index (χ3n) is 5.45. The van der Waals surface area contributed by atoms with Crippen molar-refractivity contribution in [3.63, 3.8) is 0 Å². The molecule has 0 bridgehead atoms. The van der Waals surface area contributed by atoms with Crippen molar-refractivity contribution in [1.82, 2.24) is 5.32 Å². The third-order valence-corrected chi connectivity index (χ3v) is 5.45. The molecule has 0 spiro atoms. The number of hydrogen-bond donors (Lipinski definition) is 2. The summed E-state index contributed by atoms with van der Waals surface area (Å²) in [4.78, 5) is 9.10. The standard InChI is InChI=1S/C27H24N4/c28-27-30-25(21-14-8-3-9-15-21)29-26(31-27)24-17-22(19-10-4-1-5-11-19)16-23(18-24)20-12-6-2-7-13-20/h1,3-6,8-18,27H,2,7,28H2,(H,29,30,31). The molecule has 1 aliphatic heterocycles. The van der Waals surface area contributed by atoms with Crippen molar-refractivity contribution in [2.45, 2.75) is 19.1 Å². The quantitative estimate of drug-likeness (QED) is 0.633. The molecule has 1 unspecified atom stereocenters. The highest BCUT2D eigenvalue weighted by molar-refractivity contribution is 6.16. The molecule has 1 aliphatic carbocycles. The second-order valence-corrected chi connectivity index (χ2v) is 7.66. The predicted octanol–water partition coefficient (Wildman–Crippen LogP) is 5.13. The second kappa shape index (κ2) is 8.54. The van der Waals surface area contributed by atoms with E-state index < -0.39 is 6.29 Å². The minimum atomic E-state index is -0.635. The van der Waals surface area contributed by atoms with Gasteiger partial charge < -0.3 is 5.32 Å². The summed E-state index contributed by atoms with van der Waals surface area (Å²) in [5.74, 6) is 1.47. The first kappa shape index (κ1) is 19.2. The van der Waals surface area contributed by atoms with Gasteiger partial charge in [0.1, 0.15) is 11.7 Å². The van der Waals surface area contributed by atoms with E-state index in [9.17, 15) is 0 Å². The first-order valence-electron chi connectivity index (χ1n) is 10.6. The van der Waals surface area contributed by atoms with Gasteiger partial charge in [-0.05, 0) is 53.3 Å². The summed E-state index contributed by atoms with van der Waals surface area (Å²) in [6.45, 7) is 0. The highest BCUT2D eigenvalue weighted by Crippen LogP contribution is 2.29. The molecule has 0 saturated carbocycles. The zero-order valence-electron chi connectivity index (χ0n) is 17.2. The molecule has 2 aliphatic rings. The van der Waals surface area contributed by atoms with E-state index in [1.54, 1.807) is 0 Å². The highest BCUT2D eigenvalue weighted by Gasteiger charge is 2.18. The van der Waals surface area contributed by atoms with Crippen LogP contribution >= 0.6 is 0 Å². The van der Waals surface area contributed by atoms with Crippen LogP contribution < -0.4 is 11.1 Å². The van der Waals surface area contributed by atoms with Crippen LogP contribution in [0, 0.1) is 0 Å². The van der Waals surface area contributed by atoms with Crippen molar-refractivity contribution in [1.29, 1.82) is 0 Å². The van der Waals surface area contributed by atoms with Gasteiger partial charge in [-0.2, -0.15) is 0 Å². The Morgan fingerprint density at radius 3 is 1.97 bits per heavy atom. The molecule has 3 N–H and O–H groups in total. The zero-order chi connectivity index (χ0) is 21.0. The van der Waals surface area contributed by atoms with E-state index in [0.717, 1.165) is 41.2 Å². The van der Waals surface area contributed by atoms with Crippen molar-refractivity contribution in [3.05, 3.63) is 114 Å². The first-order valence-corrected chi connectivity index (χ1v) is 10.6. The van der Waals surface area contributed by atoms with E-state index in [-0.39, 0.29) is 0 Å².